The van der Waals surface area contributed by atoms with Crippen molar-refractivity contribution in [3.05, 3.63) is 267 Å². The summed E-state index contributed by atoms with van der Waals surface area (Å²) in [6, 6.07) is 52.4. The summed E-state index contributed by atoms with van der Waals surface area (Å²) in [7, 11) is 0. The predicted octanol–water partition coefficient (Wildman–Crippen LogP) is 17.4. The third-order valence-electron chi connectivity index (χ3n) is 14.6. The molecule has 85 heavy (non-hydrogen) atoms. The molecule has 0 saturated heterocycles. The Hall–Kier alpha value is -7.85. The Morgan fingerprint density at radius 1 is 0.353 bits per heavy atom. The van der Waals surface area contributed by atoms with Crippen LogP contribution in [0.25, 0.3) is 0 Å². The Morgan fingerprint density at radius 3 is 1.02 bits per heavy atom. The molecule has 0 aliphatic heterocycles. The summed E-state index contributed by atoms with van der Waals surface area (Å²) in [4.78, 5) is 0. The fraction of sp³-hybridized carbons (Fsp3) is 0.400. The normalized spacial score (nSPS) is 11.4. The Bertz CT molecular complexity index is 3260. The van der Waals surface area contributed by atoms with E-state index < -0.39 is 0 Å². The van der Waals surface area contributed by atoms with Gasteiger partial charge >= 0.3 is 0 Å². The van der Waals surface area contributed by atoms with E-state index in [0.717, 1.165) is 87.5 Å². The maximum absolute atomic E-state index is 4.49. The minimum absolute atomic E-state index is 0.619. The van der Waals surface area contributed by atoms with Crippen molar-refractivity contribution < 1.29 is 0 Å². The van der Waals surface area contributed by atoms with Gasteiger partial charge in [-0.3, -0.25) is 23.4 Å². The van der Waals surface area contributed by atoms with E-state index in [2.05, 4.69) is 254 Å². The number of hydrogen-bond donors (Lipinski definition) is 0. The van der Waals surface area contributed by atoms with Gasteiger partial charge in [-0.15, -0.1) is 0 Å². The Morgan fingerprint density at radius 2 is 0.718 bits per heavy atom. The van der Waals surface area contributed by atoms with E-state index in [4.69, 9.17) is 0 Å². The SMILES string of the molecule is CC(C)C(C)c1ccc(Cn2cccn2)cc1.CC(C)Cc1ccc(Cn2cccn2)cc1.Cc1cc(C)n(Cc2ccc(CC(C)C)cc2)n1.Cc1ccn(Cc2ccc(CC(C)C)cc2)n1.Cc1cnn(Cc2ccc(CC(C)C)cc2)c1. The third kappa shape index (κ3) is 24.7. The lowest BCUT2D eigenvalue weighted by atomic mass is 9.90. The first kappa shape index (κ1) is 66.3. The molecule has 450 valence electrons. The predicted molar refractivity (Wildman–Crippen MR) is 355 cm³/mol. The molecule has 5 heterocycles. The fourth-order valence-electron chi connectivity index (χ4n) is 9.97. The highest BCUT2D eigenvalue weighted by molar-refractivity contribution is 5.28. The molecule has 5 aromatic heterocycles. The molecule has 0 amide bonds. The van der Waals surface area contributed by atoms with Crippen molar-refractivity contribution in [1.29, 1.82) is 0 Å². The van der Waals surface area contributed by atoms with E-state index in [-0.39, 0.29) is 0 Å². The number of hydrogen-bond acceptors (Lipinski definition) is 5. The van der Waals surface area contributed by atoms with Crippen molar-refractivity contribution >= 4 is 0 Å². The molecule has 0 spiro atoms. The standard InChI is InChI=1S/C16H22N2.3C15H20N2.C14H18N2/c1-12(2)9-15-5-7-16(8-6-15)11-18-14(4)10-13(3)17-18;1-12(2)13(3)15-7-5-14(6-8-15)11-17-10-4-9-16-17;1-12(2)8-14-4-6-15(7-5-14)11-17-10-13(3)9-16-17;1-12(2)10-14-4-6-15(7-5-14)11-17-9-8-13(3)16-17;1-12(2)10-13-4-6-14(7-5-13)11-16-9-3-8-15-16/h5-8,10,12H,9,11H2,1-4H3;4-10,12-13H,11H2,1-3H3;4-7,9-10,12H,8,11H2,1-3H3;4-9,12H,10-11H2,1-3H3;3-9,12H,10-11H2,1-2H3. The summed E-state index contributed by atoms with van der Waals surface area (Å²) in [5.74, 6) is 4.17. The summed E-state index contributed by atoms with van der Waals surface area (Å²) in [5, 5.41) is 21.6. The third-order valence-corrected chi connectivity index (χ3v) is 14.6. The van der Waals surface area contributed by atoms with Gasteiger partial charge in [-0.2, -0.15) is 25.5 Å². The molecule has 0 saturated carbocycles. The van der Waals surface area contributed by atoms with E-state index in [0.29, 0.717) is 17.8 Å². The van der Waals surface area contributed by atoms with Gasteiger partial charge in [-0.1, -0.05) is 197 Å². The highest BCUT2D eigenvalue weighted by atomic mass is 15.3. The summed E-state index contributed by atoms with van der Waals surface area (Å²) < 4.78 is 9.91. The zero-order valence-electron chi connectivity index (χ0n) is 54.2. The average Bonchev–Trinajstić information content (AvgIpc) is 4.55. The highest BCUT2D eigenvalue weighted by Gasteiger charge is 2.10. The highest BCUT2D eigenvalue weighted by Crippen LogP contribution is 2.24. The largest absolute Gasteiger partial charge is 0.268 e. The zero-order valence-corrected chi connectivity index (χ0v) is 54.2. The van der Waals surface area contributed by atoms with Gasteiger partial charge in [0.1, 0.15) is 0 Å². The number of benzene rings is 5. The number of aryl methyl sites for hydroxylation is 4. The maximum atomic E-state index is 4.49. The minimum Gasteiger partial charge on any atom is -0.268 e. The van der Waals surface area contributed by atoms with E-state index in [1.165, 1.54) is 66.9 Å². The van der Waals surface area contributed by atoms with E-state index in [1.807, 2.05) is 88.0 Å². The summed E-state index contributed by atoms with van der Waals surface area (Å²) in [6.07, 6.45) is 18.2. The molecule has 5 aromatic carbocycles. The average molecular weight is 1140 g/mol. The molecule has 10 heteroatoms. The van der Waals surface area contributed by atoms with Crippen molar-refractivity contribution in [2.75, 3.05) is 0 Å². The van der Waals surface area contributed by atoms with Gasteiger partial charge in [-0.05, 0) is 174 Å². The molecule has 0 aliphatic rings. The fourth-order valence-corrected chi connectivity index (χ4v) is 9.97. The molecule has 0 fully saturated rings. The first-order valence-corrected chi connectivity index (χ1v) is 31.1. The Kier molecular flexibility index (Phi) is 26.7. The van der Waals surface area contributed by atoms with Crippen LogP contribution in [0.4, 0.5) is 0 Å². The number of nitrogens with zero attached hydrogens (tertiary/aromatic N) is 10. The molecule has 10 aromatic rings. The number of rotatable bonds is 20. The van der Waals surface area contributed by atoms with Crippen LogP contribution in [0.2, 0.25) is 0 Å². The lowest BCUT2D eigenvalue weighted by Crippen LogP contribution is -2.04. The van der Waals surface area contributed by atoms with Crippen molar-refractivity contribution in [3.8, 4) is 0 Å². The molecular formula is C75H100N10. The topological polar surface area (TPSA) is 89.1 Å². The van der Waals surface area contributed by atoms with Crippen LogP contribution in [0.3, 0.4) is 0 Å². The van der Waals surface area contributed by atoms with Crippen molar-refractivity contribution in [2.45, 2.75) is 168 Å². The molecule has 0 aliphatic carbocycles. The molecule has 10 rings (SSSR count). The quantitative estimate of drug-likeness (QED) is 0.0758. The molecule has 1 atom stereocenters. The molecule has 0 bridgehead atoms. The van der Waals surface area contributed by atoms with E-state index in [1.54, 1.807) is 0 Å². The van der Waals surface area contributed by atoms with Gasteiger partial charge in [0.25, 0.3) is 0 Å². The van der Waals surface area contributed by atoms with Crippen LogP contribution in [0, 0.1) is 57.3 Å². The summed E-state index contributed by atoms with van der Waals surface area (Å²) in [5.41, 5.74) is 18.2. The van der Waals surface area contributed by atoms with Crippen LogP contribution < -0.4 is 0 Å². The van der Waals surface area contributed by atoms with Gasteiger partial charge in [0.2, 0.25) is 0 Å². The lowest BCUT2D eigenvalue weighted by molar-refractivity contribution is 0.535. The van der Waals surface area contributed by atoms with Gasteiger partial charge < -0.3 is 0 Å². The smallest absolute Gasteiger partial charge is 0.0662 e. The number of aromatic nitrogens is 10. The molecule has 0 radical (unpaired) electrons. The van der Waals surface area contributed by atoms with Crippen LogP contribution in [-0.2, 0) is 58.4 Å². The molecule has 0 N–H and O–H groups in total. The second-order valence-corrected chi connectivity index (χ2v) is 25.3. The van der Waals surface area contributed by atoms with Gasteiger partial charge in [0, 0.05) is 42.9 Å². The van der Waals surface area contributed by atoms with Crippen molar-refractivity contribution in [2.24, 2.45) is 29.6 Å². The Balaban J connectivity index is 0.000000170. The van der Waals surface area contributed by atoms with Crippen molar-refractivity contribution in [3.63, 3.8) is 0 Å². The summed E-state index contributed by atoms with van der Waals surface area (Å²) in [6.45, 7) is 37.3. The van der Waals surface area contributed by atoms with Crippen molar-refractivity contribution in [1.82, 2.24) is 48.9 Å². The van der Waals surface area contributed by atoms with Crippen LogP contribution in [0.15, 0.2) is 189 Å². The zero-order chi connectivity index (χ0) is 61.3. The van der Waals surface area contributed by atoms with E-state index in [9.17, 15) is 0 Å². The van der Waals surface area contributed by atoms with E-state index >= 15 is 0 Å². The Labute approximate surface area is 511 Å². The lowest BCUT2D eigenvalue weighted by Gasteiger charge is -2.16. The molecule has 10 nitrogen and oxygen atoms in total. The minimum atomic E-state index is 0.619. The summed E-state index contributed by atoms with van der Waals surface area (Å²) >= 11 is 0. The van der Waals surface area contributed by atoms with Crippen LogP contribution >= 0.6 is 0 Å². The second kappa shape index (κ2) is 34.2. The van der Waals surface area contributed by atoms with Crippen LogP contribution in [0.1, 0.15) is 160 Å². The molecule has 1 unspecified atom stereocenters. The monoisotopic (exact) mass is 1140 g/mol. The van der Waals surface area contributed by atoms with Crippen LogP contribution in [0.5, 0.6) is 0 Å². The first-order valence-electron chi connectivity index (χ1n) is 31.1. The van der Waals surface area contributed by atoms with Gasteiger partial charge in [0.05, 0.1) is 50.3 Å². The van der Waals surface area contributed by atoms with Gasteiger partial charge in [-0.25, -0.2) is 0 Å². The van der Waals surface area contributed by atoms with Gasteiger partial charge in [0.15, 0.2) is 0 Å². The first-order chi connectivity index (χ1) is 40.7. The van der Waals surface area contributed by atoms with Crippen LogP contribution in [-0.4, -0.2) is 48.9 Å². The maximum Gasteiger partial charge on any atom is 0.0662 e. The second-order valence-electron chi connectivity index (χ2n) is 25.3. The molecular weight excluding hydrogens is 1040 g/mol.